The molecule has 0 radical (unpaired) electrons. The lowest BCUT2D eigenvalue weighted by Gasteiger charge is -2.39. The number of hydrogen-bond acceptors (Lipinski definition) is 3. The average Bonchev–Trinajstić information content (AvgIpc) is 2.94. The molecule has 0 saturated carbocycles. The maximum atomic E-state index is 14.0. The summed E-state index contributed by atoms with van der Waals surface area (Å²) in [5.41, 5.74) is 0.740. The number of morpholine rings is 1. The Labute approximate surface area is 134 Å². The third-order valence-electron chi connectivity index (χ3n) is 4.69. The molecule has 2 heterocycles. The minimum Gasteiger partial charge on any atom is -0.374 e. The number of fused-ring (bicyclic) bond motifs is 1. The molecule has 116 valence electrons. The van der Waals surface area contributed by atoms with Crippen LogP contribution in [0.2, 0.25) is 0 Å². The summed E-state index contributed by atoms with van der Waals surface area (Å²) in [6, 6.07) is 6.01. The molecule has 1 aromatic rings. The predicted molar refractivity (Wildman–Crippen MR) is 85.0 cm³/mol. The fourth-order valence-electron chi connectivity index (χ4n) is 3.43. The van der Waals surface area contributed by atoms with E-state index in [1.54, 1.807) is 0 Å². The third kappa shape index (κ3) is 3.47. The third-order valence-corrected chi connectivity index (χ3v) is 5.18. The van der Waals surface area contributed by atoms with Gasteiger partial charge in [0.2, 0.25) is 0 Å². The Morgan fingerprint density at radius 2 is 2.38 bits per heavy atom. The van der Waals surface area contributed by atoms with Gasteiger partial charge in [-0.05, 0) is 50.6 Å². The lowest BCUT2D eigenvalue weighted by molar-refractivity contribution is -0.0634. The van der Waals surface area contributed by atoms with Gasteiger partial charge in [0, 0.05) is 23.1 Å². The molecule has 3 atom stereocenters. The highest BCUT2D eigenvalue weighted by Gasteiger charge is 2.35. The second-order valence-corrected chi connectivity index (χ2v) is 6.91. The molecule has 2 aliphatic heterocycles. The van der Waals surface area contributed by atoms with Crippen LogP contribution in [0.15, 0.2) is 22.7 Å². The van der Waals surface area contributed by atoms with Crippen molar-refractivity contribution in [1.29, 1.82) is 0 Å². The molecule has 0 aromatic heterocycles. The second kappa shape index (κ2) is 6.73. The van der Waals surface area contributed by atoms with Crippen LogP contribution in [-0.2, 0) is 11.2 Å². The molecule has 0 spiro atoms. The van der Waals surface area contributed by atoms with Crippen LogP contribution in [0.25, 0.3) is 0 Å². The van der Waals surface area contributed by atoms with Crippen molar-refractivity contribution in [3.63, 3.8) is 0 Å². The standard InChI is InChI=1S/C16H22BrFN2O/c1-19-15(7-11-4-5-12(17)8-14(11)18)16-9-20-6-2-3-13(20)10-21-16/h4-5,8,13,15-16,19H,2-3,6-7,9-10H2,1H3. The number of ether oxygens (including phenoxy) is 1. The van der Waals surface area contributed by atoms with Gasteiger partial charge in [0.25, 0.3) is 0 Å². The van der Waals surface area contributed by atoms with Gasteiger partial charge in [-0.2, -0.15) is 0 Å². The van der Waals surface area contributed by atoms with Crippen molar-refractivity contribution in [3.8, 4) is 0 Å². The molecule has 0 bridgehead atoms. The summed E-state index contributed by atoms with van der Waals surface area (Å²) in [6.45, 7) is 2.94. The van der Waals surface area contributed by atoms with E-state index in [1.807, 2.05) is 19.2 Å². The molecule has 2 fully saturated rings. The topological polar surface area (TPSA) is 24.5 Å². The fraction of sp³-hybridized carbons (Fsp3) is 0.625. The zero-order valence-corrected chi connectivity index (χ0v) is 13.9. The normalized spacial score (nSPS) is 27.6. The van der Waals surface area contributed by atoms with E-state index in [2.05, 4.69) is 26.1 Å². The number of hydrogen-bond donors (Lipinski definition) is 1. The van der Waals surface area contributed by atoms with Crippen molar-refractivity contribution in [3.05, 3.63) is 34.1 Å². The quantitative estimate of drug-likeness (QED) is 0.897. The van der Waals surface area contributed by atoms with Crippen molar-refractivity contribution >= 4 is 15.9 Å². The van der Waals surface area contributed by atoms with Crippen LogP contribution in [0.4, 0.5) is 4.39 Å². The summed E-state index contributed by atoms with van der Waals surface area (Å²) in [4.78, 5) is 2.52. The molecule has 0 aliphatic carbocycles. The van der Waals surface area contributed by atoms with Crippen LogP contribution in [0.3, 0.4) is 0 Å². The van der Waals surface area contributed by atoms with Gasteiger partial charge < -0.3 is 10.1 Å². The lowest BCUT2D eigenvalue weighted by Crippen LogP contribution is -2.54. The summed E-state index contributed by atoms with van der Waals surface area (Å²) < 4.78 is 20.8. The summed E-state index contributed by atoms with van der Waals surface area (Å²) in [5, 5.41) is 3.31. The van der Waals surface area contributed by atoms with Gasteiger partial charge in [0.15, 0.2) is 0 Å². The zero-order valence-electron chi connectivity index (χ0n) is 12.3. The number of nitrogens with zero attached hydrogens (tertiary/aromatic N) is 1. The number of likely N-dealkylation sites (N-methyl/N-ethyl adjacent to an activating group) is 1. The van der Waals surface area contributed by atoms with E-state index < -0.39 is 0 Å². The molecule has 5 heteroatoms. The molecule has 1 N–H and O–H groups in total. The van der Waals surface area contributed by atoms with Gasteiger partial charge >= 0.3 is 0 Å². The monoisotopic (exact) mass is 356 g/mol. The molecule has 1 aromatic carbocycles. The zero-order chi connectivity index (χ0) is 14.8. The maximum absolute atomic E-state index is 14.0. The second-order valence-electron chi connectivity index (χ2n) is 6.00. The van der Waals surface area contributed by atoms with E-state index in [4.69, 9.17) is 4.74 Å². The Bertz CT molecular complexity index is 499. The molecule has 3 nitrogen and oxygen atoms in total. The first-order valence-corrected chi connectivity index (χ1v) is 8.43. The Kier molecular flexibility index (Phi) is 4.94. The van der Waals surface area contributed by atoms with Crippen molar-refractivity contribution < 1.29 is 9.13 Å². The van der Waals surface area contributed by atoms with Crippen molar-refractivity contribution in [2.24, 2.45) is 0 Å². The predicted octanol–water partition coefficient (Wildman–Crippen LogP) is 2.58. The highest BCUT2D eigenvalue weighted by atomic mass is 79.9. The van der Waals surface area contributed by atoms with Gasteiger partial charge in [-0.1, -0.05) is 22.0 Å². The van der Waals surface area contributed by atoms with E-state index in [9.17, 15) is 4.39 Å². The summed E-state index contributed by atoms with van der Waals surface area (Å²) in [6.07, 6.45) is 3.30. The molecule has 21 heavy (non-hydrogen) atoms. The van der Waals surface area contributed by atoms with Crippen LogP contribution < -0.4 is 5.32 Å². The molecule has 2 aliphatic rings. The molecule has 0 amide bonds. The first kappa shape index (κ1) is 15.4. The van der Waals surface area contributed by atoms with Gasteiger partial charge in [0.05, 0.1) is 12.7 Å². The first-order valence-electron chi connectivity index (χ1n) is 7.64. The summed E-state index contributed by atoms with van der Waals surface area (Å²) >= 11 is 3.30. The molecule has 3 unspecified atom stereocenters. The minimum atomic E-state index is -0.153. The number of rotatable bonds is 4. The Morgan fingerprint density at radius 1 is 1.52 bits per heavy atom. The summed E-state index contributed by atoms with van der Waals surface area (Å²) in [5.74, 6) is -0.153. The van der Waals surface area contributed by atoms with E-state index in [1.165, 1.54) is 25.5 Å². The van der Waals surface area contributed by atoms with Crippen molar-refractivity contribution in [2.75, 3.05) is 26.7 Å². The Hall–Kier alpha value is -0.490. The van der Waals surface area contributed by atoms with Crippen LogP contribution in [0.1, 0.15) is 18.4 Å². The lowest BCUT2D eigenvalue weighted by atomic mass is 9.99. The van der Waals surface area contributed by atoms with E-state index >= 15 is 0 Å². The minimum absolute atomic E-state index is 0.132. The van der Waals surface area contributed by atoms with Crippen LogP contribution in [0.5, 0.6) is 0 Å². The van der Waals surface area contributed by atoms with Crippen molar-refractivity contribution in [2.45, 2.75) is 37.5 Å². The Morgan fingerprint density at radius 3 is 3.14 bits per heavy atom. The first-order chi connectivity index (χ1) is 10.2. The van der Waals surface area contributed by atoms with Crippen LogP contribution in [0, 0.1) is 5.82 Å². The average molecular weight is 357 g/mol. The van der Waals surface area contributed by atoms with Gasteiger partial charge in [-0.15, -0.1) is 0 Å². The van der Waals surface area contributed by atoms with Gasteiger partial charge in [-0.25, -0.2) is 4.39 Å². The number of nitrogens with one attached hydrogen (secondary N) is 1. The molecular formula is C16H22BrFN2O. The Balaban J connectivity index is 1.67. The van der Waals surface area contributed by atoms with Crippen LogP contribution >= 0.6 is 15.9 Å². The van der Waals surface area contributed by atoms with Gasteiger partial charge in [0.1, 0.15) is 5.82 Å². The molecule has 3 rings (SSSR count). The van der Waals surface area contributed by atoms with E-state index in [0.29, 0.717) is 12.5 Å². The van der Waals surface area contributed by atoms with Crippen molar-refractivity contribution in [1.82, 2.24) is 10.2 Å². The fourth-order valence-corrected chi connectivity index (χ4v) is 3.76. The number of halogens is 2. The number of benzene rings is 1. The highest BCUT2D eigenvalue weighted by Crippen LogP contribution is 2.25. The molecule has 2 saturated heterocycles. The highest BCUT2D eigenvalue weighted by molar-refractivity contribution is 9.10. The smallest absolute Gasteiger partial charge is 0.127 e. The van der Waals surface area contributed by atoms with E-state index in [0.717, 1.165) is 23.2 Å². The summed E-state index contributed by atoms with van der Waals surface area (Å²) in [7, 11) is 1.93. The maximum Gasteiger partial charge on any atom is 0.127 e. The SMILES string of the molecule is CNC(Cc1ccc(Br)cc1F)C1CN2CCCC2CO1. The molecular weight excluding hydrogens is 335 g/mol. The van der Waals surface area contributed by atoms with E-state index in [-0.39, 0.29) is 18.0 Å². The largest absolute Gasteiger partial charge is 0.374 e. The van der Waals surface area contributed by atoms with Crippen LogP contribution in [-0.4, -0.2) is 49.8 Å². The van der Waals surface area contributed by atoms with Gasteiger partial charge in [-0.3, -0.25) is 4.90 Å².